The molecule has 0 saturated heterocycles. The van der Waals surface area contributed by atoms with Gasteiger partial charge in [-0.1, -0.05) is 28.1 Å². The van der Waals surface area contributed by atoms with Crippen molar-refractivity contribution in [1.29, 1.82) is 0 Å². The van der Waals surface area contributed by atoms with Crippen LogP contribution in [-0.2, 0) is 14.3 Å². The Balaban J connectivity index is 2.12. The van der Waals surface area contributed by atoms with Crippen LogP contribution in [0, 0.1) is 0 Å². The fourth-order valence-electron chi connectivity index (χ4n) is 2.96. The first-order chi connectivity index (χ1) is 12.9. The lowest BCUT2D eigenvalue weighted by atomic mass is 10.0. The Morgan fingerprint density at radius 2 is 1.93 bits per heavy atom. The maximum Gasteiger partial charge on any atom is 0.340 e. The fourth-order valence-corrected chi connectivity index (χ4v) is 3.23. The standard InChI is InChI=1S/C21H18BrNO4/c1-3-27-21(26)19-13(2)23(16-9-7-15(22)8-10-16)20(25)18(19)12-14-5-4-6-17(24)11-14/h4-12,24H,3H2,1-2H3/b18-12-. The average Bonchev–Trinajstić information content (AvgIpc) is 2.86. The van der Waals surface area contributed by atoms with Crippen LogP contribution in [0.2, 0.25) is 0 Å². The molecule has 1 aliphatic rings. The third kappa shape index (κ3) is 3.80. The van der Waals surface area contributed by atoms with E-state index in [0.29, 0.717) is 16.9 Å². The van der Waals surface area contributed by atoms with Crippen molar-refractivity contribution >= 4 is 39.6 Å². The van der Waals surface area contributed by atoms with Gasteiger partial charge in [-0.25, -0.2) is 4.79 Å². The molecule has 0 aromatic heterocycles. The highest BCUT2D eigenvalue weighted by Gasteiger charge is 2.38. The summed E-state index contributed by atoms with van der Waals surface area (Å²) >= 11 is 3.38. The quantitative estimate of drug-likeness (QED) is 0.579. The SMILES string of the molecule is CCOC(=O)C1=C(C)N(c2ccc(Br)cc2)C(=O)/C1=C\c1cccc(O)c1. The normalized spacial score (nSPS) is 15.6. The Morgan fingerprint density at radius 1 is 1.22 bits per heavy atom. The number of aromatic hydroxyl groups is 1. The van der Waals surface area contributed by atoms with Gasteiger partial charge in [-0.15, -0.1) is 0 Å². The monoisotopic (exact) mass is 427 g/mol. The lowest BCUT2D eigenvalue weighted by Gasteiger charge is -2.18. The number of hydrogen-bond donors (Lipinski definition) is 1. The number of allylic oxidation sites excluding steroid dienone is 1. The van der Waals surface area contributed by atoms with E-state index in [2.05, 4.69) is 15.9 Å². The Labute approximate surface area is 165 Å². The summed E-state index contributed by atoms with van der Waals surface area (Å²) in [6.07, 6.45) is 1.59. The highest BCUT2D eigenvalue weighted by Crippen LogP contribution is 2.36. The summed E-state index contributed by atoms with van der Waals surface area (Å²) < 4.78 is 6.06. The lowest BCUT2D eigenvalue weighted by molar-refractivity contribution is -0.138. The number of ether oxygens (including phenoxy) is 1. The van der Waals surface area contributed by atoms with E-state index in [1.165, 1.54) is 11.0 Å². The minimum atomic E-state index is -0.547. The van der Waals surface area contributed by atoms with Gasteiger partial charge in [-0.2, -0.15) is 0 Å². The first-order valence-electron chi connectivity index (χ1n) is 8.41. The average molecular weight is 428 g/mol. The molecule has 0 radical (unpaired) electrons. The van der Waals surface area contributed by atoms with Crippen LogP contribution in [0.4, 0.5) is 5.69 Å². The number of carbonyl (C=O) groups is 2. The van der Waals surface area contributed by atoms with E-state index in [1.54, 1.807) is 50.3 Å². The molecule has 1 heterocycles. The Morgan fingerprint density at radius 3 is 2.56 bits per heavy atom. The van der Waals surface area contributed by atoms with Gasteiger partial charge in [0, 0.05) is 15.9 Å². The molecular weight excluding hydrogens is 410 g/mol. The Bertz CT molecular complexity index is 960. The van der Waals surface area contributed by atoms with Crippen molar-refractivity contribution in [2.24, 2.45) is 0 Å². The van der Waals surface area contributed by atoms with Gasteiger partial charge in [0.15, 0.2) is 0 Å². The van der Waals surface area contributed by atoms with Crippen molar-refractivity contribution in [2.45, 2.75) is 13.8 Å². The van der Waals surface area contributed by atoms with Gasteiger partial charge in [-0.3, -0.25) is 9.69 Å². The van der Waals surface area contributed by atoms with Crippen LogP contribution >= 0.6 is 15.9 Å². The van der Waals surface area contributed by atoms with Gasteiger partial charge in [0.1, 0.15) is 5.75 Å². The van der Waals surface area contributed by atoms with Crippen molar-refractivity contribution in [3.8, 4) is 5.75 Å². The third-order valence-electron chi connectivity index (χ3n) is 4.15. The second kappa shape index (κ2) is 7.80. The molecule has 2 aromatic carbocycles. The number of carbonyl (C=O) groups excluding carboxylic acids is 2. The van der Waals surface area contributed by atoms with E-state index in [9.17, 15) is 14.7 Å². The van der Waals surface area contributed by atoms with Gasteiger partial charge in [0.05, 0.1) is 17.8 Å². The van der Waals surface area contributed by atoms with Crippen LogP contribution in [0.25, 0.3) is 6.08 Å². The number of esters is 1. The maximum absolute atomic E-state index is 13.1. The Kier molecular flexibility index (Phi) is 5.46. The second-order valence-corrected chi connectivity index (χ2v) is 6.87. The maximum atomic E-state index is 13.1. The van der Waals surface area contributed by atoms with Crippen LogP contribution in [0.1, 0.15) is 19.4 Å². The molecule has 6 heteroatoms. The van der Waals surface area contributed by atoms with Gasteiger partial charge in [0.2, 0.25) is 0 Å². The van der Waals surface area contributed by atoms with Crippen LogP contribution in [0.3, 0.4) is 0 Å². The van der Waals surface area contributed by atoms with E-state index in [-0.39, 0.29) is 29.4 Å². The van der Waals surface area contributed by atoms with E-state index < -0.39 is 5.97 Å². The zero-order valence-corrected chi connectivity index (χ0v) is 16.5. The summed E-state index contributed by atoms with van der Waals surface area (Å²) in [5, 5.41) is 9.69. The number of nitrogens with zero attached hydrogens (tertiary/aromatic N) is 1. The third-order valence-corrected chi connectivity index (χ3v) is 4.67. The van der Waals surface area contributed by atoms with Crippen molar-refractivity contribution in [3.05, 3.63) is 75.4 Å². The number of halogens is 1. The van der Waals surface area contributed by atoms with E-state index in [1.807, 2.05) is 12.1 Å². The molecule has 3 rings (SSSR count). The molecule has 1 aliphatic heterocycles. The smallest absolute Gasteiger partial charge is 0.340 e. The van der Waals surface area contributed by atoms with E-state index in [0.717, 1.165) is 4.47 Å². The highest BCUT2D eigenvalue weighted by atomic mass is 79.9. The van der Waals surface area contributed by atoms with Gasteiger partial charge in [-0.05, 0) is 61.9 Å². The molecule has 0 unspecified atom stereocenters. The highest BCUT2D eigenvalue weighted by molar-refractivity contribution is 9.10. The number of phenols is 1. The fraction of sp³-hybridized carbons (Fsp3) is 0.143. The first kappa shape index (κ1) is 18.9. The molecule has 2 aromatic rings. The van der Waals surface area contributed by atoms with Crippen molar-refractivity contribution in [2.75, 3.05) is 11.5 Å². The van der Waals surface area contributed by atoms with Crippen LogP contribution in [0.15, 0.2) is 69.8 Å². The number of hydrogen-bond acceptors (Lipinski definition) is 4. The molecule has 0 bridgehead atoms. The largest absolute Gasteiger partial charge is 0.508 e. The number of amides is 1. The zero-order valence-electron chi connectivity index (χ0n) is 14.9. The molecule has 0 spiro atoms. The molecule has 138 valence electrons. The van der Waals surface area contributed by atoms with E-state index >= 15 is 0 Å². The Hall–Kier alpha value is -2.86. The molecular formula is C21H18BrNO4. The number of anilines is 1. The second-order valence-electron chi connectivity index (χ2n) is 5.95. The molecule has 0 fully saturated rings. The van der Waals surface area contributed by atoms with Gasteiger partial charge in [0.25, 0.3) is 5.91 Å². The molecule has 0 aliphatic carbocycles. The van der Waals surface area contributed by atoms with Crippen molar-refractivity contribution in [3.63, 3.8) is 0 Å². The van der Waals surface area contributed by atoms with E-state index in [4.69, 9.17) is 4.74 Å². The van der Waals surface area contributed by atoms with Crippen LogP contribution < -0.4 is 4.90 Å². The molecule has 5 nitrogen and oxygen atoms in total. The summed E-state index contributed by atoms with van der Waals surface area (Å²) in [7, 11) is 0. The zero-order chi connectivity index (χ0) is 19.6. The predicted molar refractivity (Wildman–Crippen MR) is 107 cm³/mol. The first-order valence-corrected chi connectivity index (χ1v) is 9.20. The molecule has 0 atom stereocenters. The minimum absolute atomic E-state index is 0.0814. The van der Waals surface area contributed by atoms with Crippen LogP contribution in [-0.4, -0.2) is 23.6 Å². The molecule has 0 saturated carbocycles. The molecule has 1 N–H and O–H groups in total. The van der Waals surface area contributed by atoms with Crippen molar-refractivity contribution < 1.29 is 19.4 Å². The summed E-state index contributed by atoms with van der Waals surface area (Å²) in [5.74, 6) is -0.784. The summed E-state index contributed by atoms with van der Waals surface area (Å²) in [5.41, 5.74) is 2.24. The molecule has 1 amide bonds. The van der Waals surface area contributed by atoms with Gasteiger partial charge < -0.3 is 9.84 Å². The molecule has 27 heavy (non-hydrogen) atoms. The minimum Gasteiger partial charge on any atom is -0.508 e. The summed E-state index contributed by atoms with van der Waals surface area (Å²) in [6.45, 7) is 3.65. The number of benzene rings is 2. The van der Waals surface area contributed by atoms with Crippen molar-refractivity contribution in [1.82, 2.24) is 0 Å². The topological polar surface area (TPSA) is 66.8 Å². The predicted octanol–water partition coefficient (Wildman–Crippen LogP) is 4.42. The number of rotatable bonds is 4. The van der Waals surface area contributed by atoms with Gasteiger partial charge >= 0.3 is 5.97 Å². The summed E-state index contributed by atoms with van der Waals surface area (Å²) in [6, 6.07) is 13.8. The van der Waals surface area contributed by atoms with Crippen LogP contribution in [0.5, 0.6) is 5.75 Å². The number of phenolic OH excluding ortho intramolecular Hbond substituents is 1. The lowest BCUT2D eigenvalue weighted by Crippen LogP contribution is -2.24. The summed E-state index contributed by atoms with van der Waals surface area (Å²) in [4.78, 5) is 27.2.